The van der Waals surface area contributed by atoms with Crippen LogP contribution in [0.25, 0.3) is 0 Å². The van der Waals surface area contributed by atoms with Crippen LogP contribution in [-0.4, -0.2) is 63.5 Å². The molecule has 7 nitrogen and oxygen atoms in total. The monoisotopic (exact) mass is 298 g/mol. The first-order valence-electron chi connectivity index (χ1n) is 6.52. The topological polar surface area (TPSA) is 116 Å². The molecule has 7 heteroatoms. The zero-order chi connectivity index (χ0) is 15.6. The van der Waals surface area contributed by atoms with E-state index in [1.54, 1.807) is 12.1 Å². The maximum absolute atomic E-state index is 11.2. The Morgan fingerprint density at radius 2 is 1.76 bits per heavy atom. The Kier molecular flexibility index (Phi) is 4.92. The van der Waals surface area contributed by atoms with E-state index in [1.807, 2.05) is 0 Å². The normalized spacial score (nSPS) is 32.7. The molecule has 0 amide bonds. The number of ketones is 1. The minimum absolute atomic E-state index is 0.0885. The van der Waals surface area contributed by atoms with Crippen molar-refractivity contribution in [1.29, 1.82) is 0 Å². The molecule has 1 aromatic carbocycles. The first-order valence-corrected chi connectivity index (χ1v) is 6.52. The minimum Gasteiger partial charge on any atom is -0.462 e. The SMILES string of the molecule is CC(=O)c1ccc(O[C@H]2O[C@@H](CO)[C@H](O)[C@@H](O)[C@@H]2O)cc1. The van der Waals surface area contributed by atoms with Crippen LogP contribution >= 0.6 is 0 Å². The fraction of sp³-hybridized carbons (Fsp3) is 0.500. The van der Waals surface area contributed by atoms with Gasteiger partial charge in [0.1, 0.15) is 30.2 Å². The number of benzene rings is 1. The second-order valence-corrected chi connectivity index (χ2v) is 4.90. The zero-order valence-electron chi connectivity index (χ0n) is 11.4. The second kappa shape index (κ2) is 6.50. The predicted molar refractivity (Wildman–Crippen MR) is 70.8 cm³/mol. The Hall–Kier alpha value is -1.51. The highest BCUT2D eigenvalue weighted by Gasteiger charge is 2.44. The summed E-state index contributed by atoms with van der Waals surface area (Å²) in [6.07, 6.45) is -6.63. The van der Waals surface area contributed by atoms with E-state index < -0.39 is 37.3 Å². The zero-order valence-corrected chi connectivity index (χ0v) is 11.4. The summed E-state index contributed by atoms with van der Waals surface area (Å²) in [5, 5.41) is 38.2. The molecule has 1 aliphatic rings. The van der Waals surface area contributed by atoms with Crippen LogP contribution < -0.4 is 4.74 Å². The second-order valence-electron chi connectivity index (χ2n) is 4.90. The molecule has 0 radical (unpaired) electrons. The van der Waals surface area contributed by atoms with Gasteiger partial charge in [0.15, 0.2) is 5.78 Å². The number of hydrogen-bond donors (Lipinski definition) is 4. The number of aliphatic hydroxyl groups is 4. The van der Waals surface area contributed by atoms with Crippen LogP contribution in [0, 0.1) is 0 Å². The highest BCUT2D eigenvalue weighted by molar-refractivity contribution is 5.94. The van der Waals surface area contributed by atoms with Crippen LogP contribution in [-0.2, 0) is 4.74 Å². The summed E-state index contributed by atoms with van der Waals surface area (Å²) in [5.41, 5.74) is 0.510. The van der Waals surface area contributed by atoms with Crippen molar-refractivity contribution >= 4 is 5.78 Å². The number of carbonyl (C=O) groups is 1. The van der Waals surface area contributed by atoms with E-state index in [9.17, 15) is 20.1 Å². The number of rotatable bonds is 4. The van der Waals surface area contributed by atoms with Crippen LogP contribution in [0.5, 0.6) is 5.75 Å². The van der Waals surface area contributed by atoms with Crippen LogP contribution in [0.4, 0.5) is 0 Å². The quantitative estimate of drug-likeness (QED) is 0.530. The summed E-state index contributed by atoms with van der Waals surface area (Å²) >= 11 is 0. The third-order valence-corrected chi connectivity index (χ3v) is 3.36. The summed E-state index contributed by atoms with van der Waals surface area (Å²) < 4.78 is 10.6. The van der Waals surface area contributed by atoms with Gasteiger partial charge in [-0.1, -0.05) is 0 Å². The Balaban J connectivity index is 2.08. The molecule has 0 saturated carbocycles. The lowest BCUT2D eigenvalue weighted by atomic mass is 9.99. The lowest BCUT2D eigenvalue weighted by molar-refractivity contribution is -0.277. The van der Waals surface area contributed by atoms with Crippen molar-refractivity contribution in [3.8, 4) is 5.75 Å². The number of Topliss-reactive ketones (excluding diaryl/α,β-unsaturated/α-hetero) is 1. The summed E-state index contributed by atoms with van der Waals surface area (Å²) in [4.78, 5) is 11.2. The number of carbonyl (C=O) groups excluding carboxylic acids is 1. The van der Waals surface area contributed by atoms with Gasteiger partial charge in [-0.25, -0.2) is 0 Å². The molecule has 1 aliphatic heterocycles. The van der Waals surface area contributed by atoms with E-state index in [2.05, 4.69) is 0 Å². The van der Waals surface area contributed by atoms with Gasteiger partial charge in [0.25, 0.3) is 0 Å². The van der Waals surface area contributed by atoms with Crippen molar-refractivity contribution in [2.75, 3.05) is 6.61 Å². The van der Waals surface area contributed by atoms with Gasteiger partial charge in [0.05, 0.1) is 6.61 Å². The van der Waals surface area contributed by atoms with E-state index in [0.29, 0.717) is 11.3 Å². The van der Waals surface area contributed by atoms with Gasteiger partial charge >= 0.3 is 0 Å². The van der Waals surface area contributed by atoms with E-state index in [-0.39, 0.29) is 5.78 Å². The van der Waals surface area contributed by atoms with Gasteiger partial charge < -0.3 is 29.9 Å². The largest absolute Gasteiger partial charge is 0.462 e. The molecule has 1 fully saturated rings. The van der Waals surface area contributed by atoms with Crippen LogP contribution in [0.3, 0.4) is 0 Å². The highest BCUT2D eigenvalue weighted by atomic mass is 16.7. The standard InChI is InChI=1S/C14H18O7/c1-7(16)8-2-4-9(5-3-8)20-14-13(19)12(18)11(17)10(6-15)21-14/h2-5,10-15,17-19H,6H2,1H3/t10-,11-,12+,13-,14-/m0/s1. The molecule has 116 valence electrons. The van der Waals surface area contributed by atoms with Crippen LogP contribution in [0.1, 0.15) is 17.3 Å². The maximum Gasteiger partial charge on any atom is 0.229 e. The molecule has 21 heavy (non-hydrogen) atoms. The smallest absolute Gasteiger partial charge is 0.229 e. The molecule has 4 N–H and O–H groups in total. The van der Waals surface area contributed by atoms with E-state index in [0.717, 1.165) is 0 Å². The average molecular weight is 298 g/mol. The fourth-order valence-electron chi connectivity index (χ4n) is 2.07. The Labute approximate surface area is 121 Å². The molecular formula is C14H18O7. The first-order chi connectivity index (χ1) is 9.93. The molecule has 0 bridgehead atoms. The summed E-state index contributed by atoms with van der Waals surface area (Å²) in [6.45, 7) is 0.918. The third-order valence-electron chi connectivity index (χ3n) is 3.36. The van der Waals surface area contributed by atoms with Crippen molar-refractivity contribution < 1.29 is 34.7 Å². The van der Waals surface area contributed by atoms with Crippen molar-refractivity contribution in [2.24, 2.45) is 0 Å². The van der Waals surface area contributed by atoms with Gasteiger partial charge in [-0.2, -0.15) is 0 Å². The first kappa shape index (κ1) is 15.9. The lowest BCUT2D eigenvalue weighted by Crippen LogP contribution is -2.60. The lowest BCUT2D eigenvalue weighted by Gasteiger charge is -2.39. The van der Waals surface area contributed by atoms with Crippen LogP contribution in [0.2, 0.25) is 0 Å². The molecule has 1 heterocycles. The molecule has 1 aromatic rings. The van der Waals surface area contributed by atoms with E-state index in [4.69, 9.17) is 14.6 Å². The maximum atomic E-state index is 11.2. The van der Waals surface area contributed by atoms with Crippen molar-refractivity contribution in [1.82, 2.24) is 0 Å². The fourth-order valence-corrected chi connectivity index (χ4v) is 2.07. The van der Waals surface area contributed by atoms with Gasteiger partial charge in [0.2, 0.25) is 6.29 Å². The molecule has 0 unspecified atom stereocenters. The molecule has 5 atom stereocenters. The molecule has 0 aliphatic carbocycles. The predicted octanol–water partition coefficient (Wildman–Crippen LogP) is -0.932. The summed E-state index contributed by atoms with van der Waals surface area (Å²) in [6, 6.07) is 6.17. The van der Waals surface area contributed by atoms with Crippen molar-refractivity contribution in [3.05, 3.63) is 29.8 Å². The van der Waals surface area contributed by atoms with Gasteiger partial charge in [-0.05, 0) is 31.2 Å². The third kappa shape index (κ3) is 3.39. The van der Waals surface area contributed by atoms with E-state index >= 15 is 0 Å². The molecule has 0 aromatic heterocycles. The average Bonchev–Trinajstić information content (AvgIpc) is 2.48. The van der Waals surface area contributed by atoms with Crippen molar-refractivity contribution in [3.63, 3.8) is 0 Å². The molecular weight excluding hydrogens is 280 g/mol. The molecule has 0 spiro atoms. The minimum atomic E-state index is -1.49. The van der Waals surface area contributed by atoms with Gasteiger partial charge in [0, 0.05) is 5.56 Å². The number of hydrogen-bond acceptors (Lipinski definition) is 7. The van der Waals surface area contributed by atoms with Gasteiger partial charge in [-0.15, -0.1) is 0 Å². The highest BCUT2D eigenvalue weighted by Crippen LogP contribution is 2.24. The molecule has 2 rings (SSSR count). The Morgan fingerprint density at radius 1 is 1.14 bits per heavy atom. The van der Waals surface area contributed by atoms with Gasteiger partial charge in [-0.3, -0.25) is 4.79 Å². The van der Waals surface area contributed by atoms with E-state index in [1.165, 1.54) is 19.1 Å². The number of ether oxygens (including phenoxy) is 2. The van der Waals surface area contributed by atoms with Crippen LogP contribution in [0.15, 0.2) is 24.3 Å². The summed E-state index contributed by atoms with van der Waals surface area (Å²) in [5.74, 6) is 0.235. The Bertz CT molecular complexity index is 485. The summed E-state index contributed by atoms with van der Waals surface area (Å²) in [7, 11) is 0. The van der Waals surface area contributed by atoms with Crippen molar-refractivity contribution in [2.45, 2.75) is 37.6 Å². The Morgan fingerprint density at radius 3 is 2.29 bits per heavy atom. The number of aliphatic hydroxyl groups excluding tert-OH is 4. The molecule has 1 saturated heterocycles.